The first-order valence-electron chi connectivity index (χ1n) is 10.8. The lowest BCUT2D eigenvalue weighted by atomic mass is 9.90. The Bertz CT molecular complexity index is 982. The molecule has 0 spiro atoms. The van der Waals surface area contributed by atoms with E-state index in [-0.39, 0.29) is 18.0 Å². The predicted molar refractivity (Wildman–Crippen MR) is 117 cm³/mol. The molecule has 0 radical (unpaired) electrons. The summed E-state index contributed by atoms with van der Waals surface area (Å²) in [5.41, 5.74) is 2.13. The van der Waals surface area contributed by atoms with E-state index in [1.807, 2.05) is 28.0 Å². The zero-order chi connectivity index (χ0) is 22.7. The highest BCUT2D eigenvalue weighted by atomic mass is 32.2. The number of nitrogens with zero attached hydrogens (tertiary/aromatic N) is 2. The normalized spacial score (nSPS) is 21.5. The van der Waals surface area contributed by atoms with Crippen LogP contribution in [-0.2, 0) is 17.7 Å². The molecule has 1 unspecified atom stereocenters. The molecular weight excluding hydrogens is 436 g/mol. The zero-order valence-corrected chi connectivity index (χ0v) is 18.5. The highest BCUT2D eigenvalue weighted by Crippen LogP contribution is 2.32. The minimum Gasteiger partial charge on any atom is -0.760 e. The maximum Gasteiger partial charge on any atom is 0.320 e. The lowest BCUT2D eigenvalue weighted by molar-refractivity contribution is 0.117. The third-order valence-corrected chi connectivity index (χ3v) is 6.80. The Hall–Kier alpha value is -2.36. The highest BCUT2D eigenvalue weighted by Gasteiger charge is 2.39. The first-order chi connectivity index (χ1) is 15.4. The number of rotatable bonds is 7. The van der Waals surface area contributed by atoms with Gasteiger partial charge in [0, 0.05) is 49.6 Å². The molecule has 2 heterocycles. The Morgan fingerprint density at radius 2 is 1.84 bits per heavy atom. The minimum absolute atomic E-state index is 0.0347. The zero-order valence-electron chi connectivity index (χ0n) is 17.6. The van der Waals surface area contributed by atoms with E-state index in [0.717, 1.165) is 37.6 Å². The van der Waals surface area contributed by atoms with Gasteiger partial charge in [-0.3, -0.25) is 4.21 Å². The van der Waals surface area contributed by atoms with Gasteiger partial charge in [0.1, 0.15) is 11.6 Å². The van der Waals surface area contributed by atoms with Gasteiger partial charge < -0.3 is 14.4 Å². The number of carbonyl (C=O) groups excluding carboxylic acids is 1. The van der Waals surface area contributed by atoms with Crippen molar-refractivity contribution in [3.05, 3.63) is 59.7 Å². The first-order valence-corrected chi connectivity index (χ1v) is 11.9. The number of carbonyl (C=O) groups is 1. The van der Waals surface area contributed by atoms with Gasteiger partial charge in [0.05, 0.1) is 0 Å². The standard InChI is InChI=1S/C23H27F2N3O3S/c24-20-13-19(14-21(25)15-20)18-4-1-3-16(11-18)12-22-17(5-7-26-32(30)31)6-10-28(22)23(29)27-8-2-9-27/h1,3-4,11,13-15,17,22,26H,2,5-10,12H2,(H,30,31)/p-1/t17-,22+/m1/s1. The average Bonchev–Trinajstić information content (AvgIpc) is 3.08. The molecule has 0 aliphatic carbocycles. The van der Waals surface area contributed by atoms with Crippen LogP contribution in [0.5, 0.6) is 0 Å². The Morgan fingerprint density at radius 3 is 2.50 bits per heavy atom. The third kappa shape index (κ3) is 5.33. The van der Waals surface area contributed by atoms with E-state index in [2.05, 4.69) is 4.72 Å². The predicted octanol–water partition coefficient (Wildman–Crippen LogP) is 3.46. The van der Waals surface area contributed by atoms with E-state index in [4.69, 9.17) is 0 Å². The smallest absolute Gasteiger partial charge is 0.320 e. The van der Waals surface area contributed by atoms with E-state index in [0.29, 0.717) is 37.1 Å². The van der Waals surface area contributed by atoms with Crippen LogP contribution in [0, 0.1) is 17.6 Å². The lowest BCUT2D eigenvalue weighted by Crippen LogP contribution is -2.52. The number of halogens is 2. The molecule has 3 atom stereocenters. The van der Waals surface area contributed by atoms with Gasteiger partial charge in [-0.2, -0.15) is 0 Å². The molecule has 1 N–H and O–H groups in total. The van der Waals surface area contributed by atoms with Crippen molar-refractivity contribution in [1.29, 1.82) is 0 Å². The van der Waals surface area contributed by atoms with Gasteiger partial charge in [0.2, 0.25) is 0 Å². The molecule has 2 aliphatic rings. The summed E-state index contributed by atoms with van der Waals surface area (Å²) >= 11 is -2.31. The van der Waals surface area contributed by atoms with Crippen molar-refractivity contribution in [2.75, 3.05) is 26.2 Å². The molecule has 0 saturated carbocycles. The third-order valence-electron chi connectivity index (χ3n) is 6.36. The summed E-state index contributed by atoms with van der Waals surface area (Å²) in [5.74, 6) is -1.10. The van der Waals surface area contributed by atoms with Crippen molar-refractivity contribution in [3.63, 3.8) is 0 Å². The fraction of sp³-hybridized carbons (Fsp3) is 0.435. The summed E-state index contributed by atoms with van der Waals surface area (Å²) in [4.78, 5) is 16.7. The second kappa shape index (κ2) is 10.1. The summed E-state index contributed by atoms with van der Waals surface area (Å²) in [6, 6.07) is 10.9. The van der Waals surface area contributed by atoms with Crippen molar-refractivity contribution in [1.82, 2.24) is 14.5 Å². The Kier molecular flexibility index (Phi) is 7.17. The van der Waals surface area contributed by atoms with Crippen LogP contribution in [-0.4, -0.2) is 56.8 Å². The lowest BCUT2D eigenvalue weighted by Gasteiger charge is -2.38. The van der Waals surface area contributed by atoms with E-state index >= 15 is 0 Å². The van der Waals surface area contributed by atoms with Crippen molar-refractivity contribution in [2.24, 2.45) is 5.92 Å². The Morgan fingerprint density at radius 1 is 1.09 bits per heavy atom. The van der Waals surface area contributed by atoms with Gasteiger partial charge in [0.15, 0.2) is 0 Å². The summed E-state index contributed by atoms with van der Waals surface area (Å²) < 4.78 is 51.5. The molecule has 2 aliphatic heterocycles. The van der Waals surface area contributed by atoms with Crippen molar-refractivity contribution in [2.45, 2.75) is 31.7 Å². The van der Waals surface area contributed by atoms with Crippen LogP contribution in [0.1, 0.15) is 24.8 Å². The fourth-order valence-electron chi connectivity index (χ4n) is 4.63. The van der Waals surface area contributed by atoms with Gasteiger partial charge in [-0.25, -0.2) is 18.3 Å². The number of nitrogens with one attached hydrogen (secondary N) is 1. The quantitative estimate of drug-likeness (QED) is 0.641. The average molecular weight is 463 g/mol. The van der Waals surface area contributed by atoms with Crippen LogP contribution in [0.25, 0.3) is 11.1 Å². The maximum atomic E-state index is 13.7. The second-order valence-electron chi connectivity index (χ2n) is 8.41. The summed E-state index contributed by atoms with van der Waals surface area (Å²) in [7, 11) is 0. The number of hydrogen-bond donors (Lipinski definition) is 1. The molecule has 6 nitrogen and oxygen atoms in total. The number of likely N-dealkylation sites (tertiary alicyclic amines) is 2. The molecule has 32 heavy (non-hydrogen) atoms. The Labute approximate surface area is 189 Å². The van der Waals surface area contributed by atoms with Gasteiger partial charge in [-0.15, -0.1) is 0 Å². The molecule has 2 aromatic carbocycles. The molecule has 2 amide bonds. The van der Waals surface area contributed by atoms with Crippen LogP contribution < -0.4 is 4.72 Å². The molecule has 2 saturated heterocycles. The van der Waals surface area contributed by atoms with Crippen LogP contribution in [0.3, 0.4) is 0 Å². The molecule has 0 bridgehead atoms. The van der Waals surface area contributed by atoms with Gasteiger partial charge >= 0.3 is 6.03 Å². The monoisotopic (exact) mass is 462 g/mol. The van der Waals surface area contributed by atoms with Gasteiger partial charge in [-0.1, -0.05) is 24.3 Å². The number of hydrogen-bond acceptors (Lipinski definition) is 3. The number of urea groups is 1. The summed E-state index contributed by atoms with van der Waals surface area (Å²) in [6.45, 7) is 2.50. The number of benzene rings is 2. The van der Waals surface area contributed by atoms with Crippen LogP contribution in [0.2, 0.25) is 0 Å². The molecular formula is C23H26F2N3O3S-. The topological polar surface area (TPSA) is 75.7 Å². The molecule has 172 valence electrons. The summed E-state index contributed by atoms with van der Waals surface area (Å²) in [5, 5.41) is 0. The van der Waals surface area contributed by atoms with Crippen molar-refractivity contribution >= 4 is 17.3 Å². The van der Waals surface area contributed by atoms with E-state index in [1.54, 1.807) is 6.07 Å². The molecule has 0 aromatic heterocycles. The van der Waals surface area contributed by atoms with Crippen LogP contribution >= 0.6 is 0 Å². The van der Waals surface area contributed by atoms with Crippen molar-refractivity contribution in [3.8, 4) is 11.1 Å². The Balaban J connectivity index is 1.54. The van der Waals surface area contributed by atoms with Crippen LogP contribution in [0.15, 0.2) is 42.5 Å². The highest BCUT2D eigenvalue weighted by molar-refractivity contribution is 7.77. The van der Waals surface area contributed by atoms with Crippen LogP contribution in [0.4, 0.5) is 13.6 Å². The summed E-state index contributed by atoms with van der Waals surface area (Å²) in [6.07, 6.45) is 3.05. The van der Waals surface area contributed by atoms with E-state index in [1.165, 1.54) is 12.1 Å². The van der Waals surface area contributed by atoms with Gasteiger partial charge in [0.25, 0.3) is 0 Å². The van der Waals surface area contributed by atoms with Gasteiger partial charge in [-0.05, 0) is 60.4 Å². The molecule has 2 aromatic rings. The van der Waals surface area contributed by atoms with Crippen molar-refractivity contribution < 1.29 is 22.3 Å². The maximum absolute atomic E-state index is 13.7. The number of amides is 2. The molecule has 9 heteroatoms. The first kappa shape index (κ1) is 22.8. The fourth-order valence-corrected chi connectivity index (χ4v) is 4.91. The SMILES string of the molecule is O=C(N1CCC1)N1CC[C@@H](CCNS(=O)[O-])[C@@H]1Cc1cccc(-c2cc(F)cc(F)c2)c1. The molecule has 2 fully saturated rings. The largest absolute Gasteiger partial charge is 0.760 e. The second-order valence-corrected chi connectivity index (χ2v) is 9.17. The molecule has 4 rings (SSSR count). The van der Waals surface area contributed by atoms with E-state index in [9.17, 15) is 22.3 Å². The minimum atomic E-state index is -2.31. The van der Waals surface area contributed by atoms with E-state index < -0.39 is 22.9 Å².